The van der Waals surface area contributed by atoms with Crippen molar-refractivity contribution in [1.29, 1.82) is 0 Å². The molecule has 0 saturated heterocycles. The van der Waals surface area contributed by atoms with Crippen LogP contribution in [0.4, 0.5) is 0 Å². The number of nitrogens with zero attached hydrogens (tertiary/aromatic N) is 3. The molecular weight excluding hydrogens is 522 g/mol. The first-order valence-electron chi connectivity index (χ1n) is 12.8. The van der Waals surface area contributed by atoms with Crippen LogP contribution in [0.2, 0.25) is 0 Å². The minimum absolute atomic E-state index is 0.00878. The Balaban J connectivity index is 2.80. The van der Waals surface area contributed by atoms with E-state index in [1.165, 1.54) is 12.2 Å². The molecule has 1 unspecified atom stereocenters. The Morgan fingerprint density at radius 1 is 0.775 bits per heavy atom. The summed E-state index contributed by atoms with van der Waals surface area (Å²) in [6, 6.07) is 0. The minimum atomic E-state index is -1.08. The lowest BCUT2D eigenvalue weighted by Crippen LogP contribution is -2.54. The van der Waals surface area contributed by atoms with Gasteiger partial charge in [0.1, 0.15) is 6.61 Å². The van der Waals surface area contributed by atoms with Crippen molar-refractivity contribution in [2.45, 2.75) is 45.8 Å². The van der Waals surface area contributed by atoms with Crippen LogP contribution in [0.1, 0.15) is 26.2 Å². The topological polar surface area (TPSA) is 148 Å². The fraction of sp³-hybridized carbons (Fsp3) is 0.464. The highest BCUT2D eigenvalue weighted by Crippen LogP contribution is 2.24. The number of hydrogen-bond acceptors (Lipinski definition) is 8. The Bertz CT molecular complexity index is 1200. The zero-order valence-electron chi connectivity index (χ0n) is 23.0. The van der Waals surface area contributed by atoms with E-state index < -0.39 is 34.4 Å². The quantitative estimate of drug-likeness (QED) is 0.102. The van der Waals surface area contributed by atoms with Crippen molar-refractivity contribution < 1.29 is 28.9 Å². The molecule has 1 atom stereocenters. The van der Waals surface area contributed by atoms with Gasteiger partial charge in [0.05, 0.1) is 64.3 Å². The van der Waals surface area contributed by atoms with Gasteiger partial charge in [-0.2, -0.15) is 0 Å². The van der Waals surface area contributed by atoms with Crippen LogP contribution in [-0.4, -0.2) is 63.8 Å². The van der Waals surface area contributed by atoms with Crippen molar-refractivity contribution in [2.75, 3.05) is 33.0 Å². The fourth-order valence-corrected chi connectivity index (χ4v) is 3.44. The first kappa shape index (κ1) is 34.0. The number of aliphatic carboxylic acids is 1. The molecule has 0 aliphatic rings. The fourth-order valence-electron chi connectivity index (χ4n) is 3.44. The van der Waals surface area contributed by atoms with Crippen molar-refractivity contribution in [1.82, 2.24) is 13.7 Å². The molecule has 12 nitrogen and oxygen atoms in total. The van der Waals surface area contributed by atoms with Crippen molar-refractivity contribution >= 4 is 11.9 Å². The third-order valence-corrected chi connectivity index (χ3v) is 5.78. The predicted octanol–water partition coefficient (Wildman–Crippen LogP) is 1.68. The van der Waals surface area contributed by atoms with E-state index in [0.717, 1.165) is 13.7 Å². The van der Waals surface area contributed by atoms with Crippen molar-refractivity contribution in [3.05, 3.63) is 93.7 Å². The third kappa shape index (κ3) is 11.0. The number of rotatable bonds is 21. The summed E-state index contributed by atoms with van der Waals surface area (Å²) in [6.07, 6.45) is 11.1. The second-order valence-electron chi connectivity index (χ2n) is 8.84. The molecule has 1 heterocycles. The second kappa shape index (κ2) is 18.3. The van der Waals surface area contributed by atoms with Gasteiger partial charge >= 0.3 is 29.0 Å². The van der Waals surface area contributed by atoms with Gasteiger partial charge in [-0.25, -0.2) is 28.1 Å². The maximum atomic E-state index is 12.6. The van der Waals surface area contributed by atoms with Crippen LogP contribution in [0.25, 0.3) is 0 Å². The molecule has 0 fully saturated rings. The number of carboxylic acid groups (broad SMARTS) is 1. The van der Waals surface area contributed by atoms with Crippen LogP contribution in [-0.2, 0) is 43.4 Å². The predicted molar refractivity (Wildman–Crippen MR) is 150 cm³/mol. The van der Waals surface area contributed by atoms with Gasteiger partial charge < -0.3 is 19.3 Å². The van der Waals surface area contributed by atoms with Crippen LogP contribution in [0.5, 0.6) is 0 Å². The monoisotopic (exact) mass is 561 g/mol. The largest absolute Gasteiger partial charge is 0.481 e. The standard InChI is InChI=1S/C28H39N3O9/c1-5-15-29-25(35)30(16-6-2)27(37)31(26(29)36)17-11-9-10-12-19-39-21-28(8-4,20-38-18-7-3)22-40-24(34)14-13-23(32)33/h5-7,9-12H,1-3,8,13-22H2,4H3,(H,32,33). The number of hydrogen-bond donors (Lipinski definition) is 1. The number of ether oxygens (including phenoxy) is 3. The molecule has 1 N–H and O–H groups in total. The summed E-state index contributed by atoms with van der Waals surface area (Å²) >= 11 is 0. The Morgan fingerprint density at radius 3 is 1.80 bits per heavy atom. The van der Waals surface area contributed by atoms with Gasteiger partial charge in [-0.15, -0.1) is 19.7 Å². The molecule has 0 saturated carbocycles. The molecule has 0 bridgehead atoms. The van der Waals surface area contributed by atoms with E-state index in [9.17, 15) is 24.0 Å². The number of carboxylic acids is 1. The molecule has 0 radical (unpaired) electrons. The van der Waals surface area contributed by atoms with E-state index in [1.54, 1.807) is 30.4 Å². The SMILES string of the molecule is C=CCOCC(CC)(COCC=CC=CCn1c(=O)n(CC=C)c(=O)n(CC=C)c1=O)COC(=O)CCC(=O)O. The smallest absolute Gasteiger partial charge is 0.336 e. The maximum absolute atomic E-state index is 12.6. The summed E-state index contributed by atoms with van der Waals surface area (Å²) < 4.78 is 19.5. The molecule has 1 aromatic heterocycles. The van der Waals surface area contributed by atoms with Gasteiger partial charge in [0.15, 0.2) is 0 Å². The van der Waals surface area contributed by atoms with Gasteiger partial charge in [0, 0.05) is 0 Å². The van der Waals surface area contributed by atoms with Gasteiger partial charge in [0.2, 0.25) is 0 Å². The summed E-state index contributed by atoms with van der Waals surface area (Å²) in [5.41, 5.74) is -2.82. The normalized spacial score (nSPS) is 12.8. The van der Waals surface area contributed by atoms with Crippen LogP contribution >= 0.6 is 0 Å². The van der Waals surface area contributed by atoms with Crippen LogP contribution in [0, 0.1) is 5.41 Å². The molecule has 1 aromatic rings. The molecule has 0 aliphatic heterocycles. The summed E-state index contributed by atoms with van der Waals surface area (Å²) in [7, 11) is 0. The van der Waals surface area contributed by atoms with Gasteiger partial charge in [0.25, 0.3) is 0 Å². The molecule has 0 spiro atoms. The minimum Gasteiger partial charge on any atom is -0.481 e. The number of carbonyl (C=O) groups is 2. The second-order valence-corrected chi connectivity index (χ2v) is 8.84. The highest BCUT2D eigenvalue weighted by atomic mass is 16.5. The van der Waals surface area contributed by atoms with Crippen LogP contribution < -0.4 is 17.1 Å². The number of carbonyl (C=O) groups excluding carboxylic acids is 1. The molecule has 40 heavy (non-hydrogen) atoms. The average molecular weight is 562 g/mol. The lowest BCUT2D eigenvalue weighted by atomic mass is 9.88. The lowest BCUT2D eigenvalue weighted by molar-refractivity contribution is -0.153. The first-order chi connectivity index (χ1) is 19.2. The van der Waals surface area contributed by atoms with Gasteiger partial charge in [-0.1, -0.05) is 49.5 Å². The molecule has 0 aromatic carbocycles. The molecule has 12 heteroatoms. The number of esters is 1. The van der Waals surface area contributed by atoms with Crippen molar-refractivity contribution in [2.24, 2.45) is 5.41 Å². The number of aromatic nitrogens is 3. The van der Waals surface area contributed by atoms with Crippen LogP contribution in [0.3, 0.4) is 0 Å². The summed E-state index contributed by atoms with van der Waals surface area (Å²) in [4.78, 5) is 60.3. The van der Waals surface area contributed by atoms with Gasteiger partial charge in [-0.05, 0) is 6.42 Å². The zero-order valence-corrected chi connectivity index (χ0v) is 23.0. The Kier molecular flexibility index (Phi) is 15.5. The van der Waals surface area contributed by atoms with E-state index in [2.05, 4.69) is 19.7 Å². The highest BCUT2D eigenvalue weighted by Gasteiger charge is 2.31. The summed E-state index contributed by atoms with van der Waals surface area (Å²) in [5, 5.41) is 8.74. The van der Waals surface area contributed by atoms with E-state index in [0.29, 0.717) is 13.0 Å². The molecule has 0 aliphatic carbocycles. The summed E-state index contributed by atoms with van der Waals surface area (Å²) in [5.74, 6) is -1.69. The van der Waals surface area contributed by atoms with Crippen molar-refractivity contribution in [3.63, 3.8) is 0 Å². The lowest BCUT2D eigenvalue weighted by Gasteiger charge is -2.31. The highest BCUT2D eigenvalue weighted by molar-refractivity contribution is 5.76. The molecule has 0 amide bonds. The van der Waals surface area contributed by atoms with Crippen molar-refractivity contribution in [3.8, 4) is 0 Å². The van der Waals surface area contributed by atoms with E-state index in [1.807, 2.05) is 6.92 Å². The van der Waals surface area contributed by atoms with Crippen LogP contribution in [0.15, 0.2) is 76.7 Å². The Morgan fingerprint density at radius 2 is 1.30 bits per heavy atom. The molecule has 220 valence electrons. The molecular formula is C28H39N3O9. The number of allylic oxidation sites excluding steroid dienone is 5. The van der Waals surface area contributed by atoms with E-state index in [4.69, 9.17) is 19.3 Å². The Hall–Kier alpha value is -4.03. The summed E-state index contributed by atoms with van der Waals surface area (Å²) in [6.45, 7) is 13.5. The Labute approximate surface area is 232 Å². The first-order valence-corrected chi connectivity index (χ1v) is 12.8. The van der Waals surface area contributed by atoms with E-state index >= 15 is 0 Å². The molecule has 1 rings (SSSR count). The van der Waals surface area contributed by atoms with Gasteiger partial charge in [-0.3, -0.25) is 9.59 Å². The zero-order chi connectivity index (χ0) is 30.0. The third-order valence-electron chi connectivity index (χ3n) is 5.78. The average Bonchev–Trinajstić information content (AvgIpc) is 2.93. The van der Waals surface area contributed by atoms with E-state index in [-0.39, 0.29) is 58.9 Å². The maximum Gasteiger partial charge on any atom is 0.336 e.